The number of aromatic nitrogens is 2. The molecule has 1 fully saturated rings. The monoisotopic (exact) mass is 525 g/mol. The number of fused-ring (bicyclic) bond motifs is 4. The van der Waals surface area contributed by atoms with Crippen LogP contribution in [0.15, 0.2) is 42.6 Å². The van der Waals surface area contributed by atoms with Gasteiger partial charge in [0.2, 0.25) is 5.95 Å². The minimum absolute atomic E-state index is 0.253. The summed E-state index contributed by atoms with van der Waals surface area (Å²) in [5.74, 6) is 1.58. The number of nitrogens with zero attached hydrogens (tertiary/aromatic N) is 6. The molecule has 3 aliphatic heterocycles. The van der Waals surface area contributed by atoms with Crippen molar-refractivity contribution in [3.05, 3.63) is 58.2 Å². The predicted octanol–water partition coefficient (Wildman–Crippen LogP) is 4.09. The van der Waals surface area contributed by atoms with Crippen molar-refractivity contribution in [3.63, 3.8) is 0 Å². The third-order valence-electron chi connectivity index (χ3n) is 6.81. The number of piperazine rings is 1. The Balaban J connectivity index is 1.27. The number of nitrogens with one attached hydrogen (secondary N) is 1. The molecule has 0 radical (unpaired) electrons. The van der Waals surface area contributed by atoms with E-state index in [0.717, 1.165) is 36.8 Å². The molecule has 0 unspecified atom stereocenters. The van der Waals surface area contributed by atoms with Crippen LogP contribution in [0.4, 0.5) is 28.8 Å². The summed E-state index contributed by atoms with van der Waals surface area (Å²) >= 11 is 12.7. The van der Waals surface area contributed by atoms with Crippen LogP contribution < -0.4 is 24.8 Å². The molecule has 186 valence electrons. The van der Waals surface area contributed by atoms with Crippen LogP contribution in [0.3, 0.4) is 0 Å². The number of amides is 1. The SMILES string of the molecule is CN1CCN2c3cc(Nc4ncc5c(n4)N(C)CN(c4c(Cl)cccc4Cl)C5=O)ccc3OC[C@@H]2C1. The molecule has 1 amide bonds. The molecule has 9 nitrogen and oxygen atoms in total. The van der Waals surface area contributed by atoms with Crippen LogP contribution in [0, 0.1) is 0 Å². The predicted molar refractivity (Wildman–Crippen MR) is 142 cm³/mol. The Morgan fingerprint density at radius 1 is 1.11 bits per heavy atom. The smallest absolute Gasteiger partial charge is 0.265 e. The Kier molecular flexibility index (Phi) is 5.78. The fourth-order valence-electron chi connectivity index (χ4n) is 5.01. The summed E-state index contributed by atoms with van der Waals surface area (Å²) in [6.45, 7) is 3.89. The molecule has 11 heteroatoms. The summed E-state index contributed by atoms with van der Waals surface area (Å²) in [7, 11) is 4.01. The van der Waals surface area contributed by atoms with Gasteiger partial charge in [-0.2, -0.15) is 4.98 Å². The Bertz CT molecular complexity index is 1330. The number of rotatable bonds is 3. The van der Waals surface area contributed by atoms with Crippen LogP contribution in [-0.2, 0) is 0 Å². The lowest BCUT2D eigenvalue weighted by Crippen LogP contribution is -2.56. The molecule has 0 bridgehead atoms. The Hall–Kier alpha value is -3.27. The van der Waals surface area contributed by atoms with Crippen molar-refractivity contribution in [2.75, 3.05) is 67.0 Å². The van der Waals surface area contributed by atoms with Crippen molar-refractivity contribution in [2.45, 2.75) is 6.04 Å². The summed E-state index contributed by atoms with van der Waals surface area (Å²) in [6, 6.07) is 11.5. The van der Waals surface area contributed by atoms with E-state index >= 15 is 0 Å². The van der Waals surface area contributed by atoms with Crippen molar-refractivity contribution in [1.29, 1.82) is 0 Å². The van der Waals surface area contributed by atoms with Crippen LogP contribution >= 0.6 is 23.2 Å². The Morgan fingerprint density at radius 2 is 1.92 bits per heavy atom. The van der Waals surface area contributed by atoms with E-state index in [2.05, 4.69) is 38.2 Å². The molecule has 1 N–H and O–H groups in total. The molecule has 0 aliphatic carbocycles. The van der Waals surface area contributed by atoms with Crippen LogP contribution in [-0.4, -0.2) is 73.8 Å². The molecule has 0 saturated carbocycles. The minimum atomic E-state index is -0.253. The molecule has 3 aliphatic rings. The van der Waals surface area contributed by atoms with Crippen LogP contribution in [0.1, 0.15) is 10.4 Å². The zero-order valence-corrected chi connectivity index (χ0v) is 21.4. The molecule has 1 saturated heterocycles. The first-order valence-corrected chi connectivity index (χ1v) is 12.5. The van der Waals surface area contributed by atoms with Crippen LogP contribution in [0.2, 0.25) is 10.0 Å². The van der Waals surface area contributed by atoms with Crippen molar-refractivity contribution < 1.29 is 9.53 Å². The summed E-state index contributed by atoms with van der Waals surface area (Å²) in [5.41, 5.74) is 2.78. The fraction of sp³-hybridized carbons (Fsp3) is 0.320. The van der Waals surface area contributed by atoms with Gasteiger partial charge in [0.1, 0.15) is 23.7 Å². The topological polar surface area (TPSA) is 77.1 Å². The Labute approximate surface area is 219 Å². The first-order valence-electron chi connectivity index (χ1n) is 11.7. The maximum Gasteiger partial charge on any atom is 0.265 e. The number of carbonyl (C=O) groups is 1. The number of hydrogen-bond donors (Lipinski definition) is 1. The minimum Gasteiger partial charge on any atom is -0.489 e. The van der Waals surface area contributed by atoms with E-state index in [1.165, 1.54) is 0 Å². The van der Waals surface area contributed by atoms with Crippen molar-refractivity contribution in [1.82, 2.24) is 14.9 Å². The first kappa shape index (κ1) is 23.1. The average Bonchev–Trinajstić information content (AvgIpc) is 2.86. The maximum atomic E-state index is 13.3. The molecule has 36 heavy (non-hydrogen) atoms. The lowest BCUT2D eigenvalue weighted by Gasteiger charge is -2.44. The van der Waals surface area contributed by atoms with Gasteiger partial charge in [-0.15, -0.1) is 0 Å². The second-order valence-corrected chi connectivity index (χ2v) is 10.1. The highest BCUT2D eigenvalue weighted by Crippen LogP contribution is 2.39. The summed E-state index contributed by atoms with van der Waals surface area (Å²) < 4.78 is 6.02. The number of para-hydroxylation sites is 1. The van der Waals surface area contributed by atoms with Gasteiger partial charge in [-0.25, -0.2) is 4.98 Å². The van der Waals surface area contributed by atoms with E-state index < -0.39 is 0 Å². The number of benzene rings is 2. The number of anilines is 5. The van der Waals surface area contributed by atoms with Gasteiger partial charge in [0.05, 0.1) is 34.1 Å². The molecule has 6 rings (SSSR count). The highest BCUT2D eigenvalue weighted by Gasteiger charge is 2.34. The van der Waals surface area contributed by atoms with E-state index in [9.17, 15) is 4.79 Å². The van der Waals surface area contributed by atoms with Crippen molar-refractivity contribution in [2.24, 2.45) is 0 Å². The number of likely N-dealkylation sites (N-methyl/N-ethyl adjacent to an activating group) is 1. The van der Waals surface area contributed by atoms with Gasteiger partial charge < -0.3 is 24.8 Å². The molecule has 4 heterocycles. The standard InChI is InChI=1S/C25H25Cl2N7O2/c1-31-8-9-33-16(12-31)13-36-21-7-6-15(10-20(21)33)29-25-28-11-17-23(30-25)32(2)14-34(24(17)35)22-18(26)4-3-5-19(22)27/h3-7,10-11,16H,8-9,12-14H2,1-2H3,(H,28,29,30)/t16-/m0/s1. The molecule has 0 spiro atoms. The van der Waals surface area contributed by atoms with Gasteiger partial charge in [0.15, 0.2) is 0 Å². The molecular formula is C25H25Cl2N7O2. The van der Waals surface area contributed by atoms with Crippen LogP contribution in [0.5, 0.6) is 5.75 Å². The van der Waals surface area contributed by atoms with E-state index in [1.54, 1.807) is 29.3 Å². The van der Waals surface area contributed by atoms with Gasteiger partial charge in [-0.3, -0.25) is 9.69 Å². The van der Waals surface area contributed by atoms with Crippen molar-refractivity contribution >= 4 is 57.9 Å². The average molecular weight is 526 g/mol. The third-order valence-corrected chi connectivity index (χ3v) is 7.42. The summed E-state index contributed by atoms with van der Waals surface area (Å²) in [4.78, 5) is 30.6. The van der Waals surface area contributed by atoms with Gasteiger partial charge >= 0.3 is 0 Å². The van der Waals surface area contributed by atoms with E-state index in [-0.39, 0.29) is 12.6 Å². The van der Waals surface area contributed by atoms with Gasteiger partial charge in [-0.1, -0.05) is 29.3 Å². The van der Waals surface area contributed by atoms with E-state index in [0.29, 0.717) is 45.7 Å². The molecule has 3 aromatic rings. The number of halogens is 2. The highest BCUT2D eigenvalue weighted by atomic mass is 35.5. The Morgan fingerprint density at radius 3 is 2.72 bits per heavy atom. The van der Waals surface area contributed by atoms with Gasteiger partial charge in [0.25, 0.3) is 5.91 Å². The number of hydrogen-bond acceptors (Lipinski definition) is 8. The summed E-state index contributed by atoms with van der Waals surface area (Å²) in [5, 5.41) is 4.11. The largest absolute Gasteiger partial charge is 0.489 e. The highest BCUT2D eigenvalue weighted by molar-refractivity contribution is 6.40. The number of carbonyl (C=O) groups excluding carboxylic acids is 1. The fourth-order valence-corrected chi connectivity index (χ4v) is 5.61. The van der Waals surface area contributed by atoms with Gasteiger partial charge in [-0.05, 0) is 37.4 Å². The molecule has 1 aromatic heterocycles. The first-order chi connectivity index (χ1) is 17.4. The van der Waals surface area contributed by atoms with E-state index in [1.807, 2.05) is 24.1 Å². The molecule has 2 aromatic carbocycles. The normalized spacial score (nSPS) is 19.4. The summed E-state index contributed by atoms with van der Waals surface area (Å²) in [6.07, 6.45) is 1.54. The lowest BCUT2D eigenvalue weighted by atomic mass is 10.1. The molecular weight excluding hydrogens is 501 g/mol. The maximum absolute atomic E-state index is 13.3. The van der Waals surface area contributed by atoms with Crippen molar-refractivity contribution in [3.8, 4) is 5.75 Å². The number of ether oxygens (including phenoxy) is 1. The third kappa shape index (κ3) is 3.97. The van der Waals surface area contributed by atoms with E-state index in [4.69, 9.17) is 27.9 Å². The quantitative estimate of drug-likeness (QED) is 0.547. The zero-order valence-electron chi connectivity index (χ0n) is 19.9. The zero-order chi connectivity index (χ0) is 25.0. The lowest BCUT2D eigenvalue weighted by molar-refractivity contribution is 0.0982. The van der Waals surface area contributed by atoms with Gasteiger partial charge in [0, 0.05) is 38.6 Å². The van der Waals surface area contributed by atoms with Crippen LogP contribution in [0.25, 0.3) is 0 Å². The second kappa shape index (κ2) is 8.99. The second-order valence-electron chi connectivity index (χ2n) is 9.30. The molecule has 1 atom stereocenters.